The van der Waals surface area contributed by atoms with E-state index in [1.165, 1.54) is 11.1 Å². The fraction of sp³-hybridized carbons (Fsp3) is 0.385. The van der Waals surface area contributed by atoms with Crippen LogP contribution in [0.4, 0.5) is 0 Å². The third-order valence-electron chi connectivity index (χ3n) is 2.37. The van der Waals surface area contributed by atoms with Gasteiger partial charge in [-0.1, -0.05) is 30.6 Å². The highest BCUT2D eigenvalue weighted by Gasteiger charge is 2.10. The minimum Gasteiger partial charge on any atom is -0.115 e. The van der Waals surface area contributed by atoms with Crippen LogP contribution in [0.25, 0.3) is 0 Å². The highest BCUT2D eigenvalue weighted by atomic mass is 14.1. The van der Waals surface area contributed by atoms with Crippen molar-refractivity contribution in [2.24, 2.45) is 5.92 Å². The van der Waals surface area contributed by atoms with Gasteiger partial charge in [-0.25, -0.2) is 0 Å². The van der Waals surface area contributed by atoms with Crippen LogP contribution in [0.15, 0.2) is 34.9 Å². The van der Waals surface area contributed by atoms with E-state index in [4.69, 9.17) is 6.42 Å². The van der Waals surface area contributed by atoms with Crippen molar-refractivity contribution in [1.82, 2.24) is 0 Å². The lowest BCUT2D eigenvalue weighted by Gasteiger charge is -2.17. The Labute approximate surface area is 81.0 Å². The Hall–Kier alpha value is -1.22. The average Bonchev–Trinajstić information content (AvgIpc) is 2.09. The maximum atomic E-state index is 5.30. The monoisotopic (exact) mass is 172 g/mol. The number of hydrogen-bond donors (Lipinski definition) is 0. The Morgan fingerprint density at radius 3 is 2.85 bits per heavy atom. The van der Waals surface area contributed by atoms with Gasteiger partial charge in [0, 0.05) is 0 Å². The Kier molecular flexibility index (Phi) is 3.14. The third-order valence-corrected chi connectivity index (χ3v) is 2.37. The second-order valence-corrected chi connectivity index (χ2v) is 3.76. The molecule has 68 valence electrons. The molecule has 1 unspecified atom stereocenters. The lowest BCUT2D eigenvalue weighted by molar-refractivity contribution is 0.677. The van der Waals surface area contributed by atoms with Crippen LogP contribution in [0.1, 0.15) is 27.2 Å². The molecule has 0 aromatic carbocycles. The van der Waals surface area contributed by atoms with Gasteiger partial charge in [-0.15, -0.1) is 6.42 Å². The normalized spacial score (nSPS) is 23.2. The molecule has 13 heavy (non-hydrogen) atoms. The zero-order valence-corrected chi connectivity index (χ0v) is 8.59. The summed E-state index contributed by atoms with van der Waals surface area (Å²) in [5.41, 5.74) is 3.80. The van der Waals surface area contributed by atoms with Gasteiger partial charge in [0.2, 0.25) is 0 Å². The van der Waals surface area contributed by atoms with E-state index >= 15 is 0 Å². The molecule has 0 aromatic heterocycles. The second-order valence-electron chi connectivity index (χ2n) is 3.76. The molecule has 0 saturated carbocycles. The maximum absolute atomic E-state index is 5.30. The highest BCUT2D eigenvalue weighted by molar-refractivity contribution is 5.38. The average molecular weight is 172 g/mol. The van der Waals surface area contributed by atoms with Crippen LogP contribution in [-0.2, 0) is 0 Å². The van der Waals surface area contributed by atoms with Crippen LogP contribution in [0.3, 0.4) is 0 Å². The summed E-state index contributed by atoms with van der Waals surface area (Å²) in [5.74, 6) is 3.25. The summed E-state index contributed by atoms with van der Waals surface area (Å²) in [7, 11) is 0. The molecule has 0 bridgehead atoms. The van der Waals surface area contributed by atoms with E-state index in [9.17, 15) is 0 Å². The number of allylic oxidation sites excluding steroid dienone is 6. The molecule has 1 aliphatic rings. The lowest BCUT2D eigenvalue weighted by atomic mass is 9.88. The molecule has 0 nitrogen and oxygen atoms in total. The zero-order valence-electron chi connectivity index (χ0n) is 8.59. The minimum atomic E-state index is 0.605. The fourth-order valence-corrected chi connectivity index (χ4v) is 1.55. The first-order valence-corrected chi connectivity index (χ1v) is 4.65. The van der Waals surface area contributed by atoms with Gasteiger partial charge in [0.1, 0.15) is 0 Å². The van der Waals surface area contributed by atoms with Crippen molar-refractivity contribution in [3.05, 3.63) is 34.9 Å². The molecule has 0 fully saturated rings. The molecular weight excluding hydrogens is 156 g/mol. The summed E-state index contributed by atoms with van der Waals surface area (Å²) in [4.78, 5) is 0. The molecule has 0 heterocycles. The molecule has 1 aliphatic carbocycles. The highest BCUT2D eigenvalue weighted by Crippen LogP contribution is 2.25. The van der Waals surface area contributed by atoms with Gasteiger partial charge in [-0.3, -0.25) is 0 Å². The quantitative estimate of drug-likeness (QED) is 0.531. The fourth-order valence-electron chi connectivity index (χ4n) is 1.55. The molecule has 1 atom stereocenters. The number of terminal acetylenes is 1. The van der Waals surface area contributed by atoms with Gasteiger partial charge in [-0.05, 0) is 43.4 Å². The summed E-state index contributed by atoms with van der Waals surface area (Å²) < 4.78 is 0. The summed E-state index contributed by atoms with van der Waals surface area (Å²) in [6.45, 7) is 6.38. The van der Waals surface area contributed by atoms with Gasteiger partial charge < -0.3 is 0 Å². The zero-order chi connectivity index (χ0) is 9.84. The molecule has 0 radical (unpaired) electrons. The summed E-state index contributed by atoms with van der Waals surface area (Å²) in [5, 5.41) is 0. The van der Waals surface area contributed by atoms with Crippen molar-refractivity contribution in [2.45, 2.75) is 27.2 Å². The summed E-state index contributed by atoms with van der Waals surface area (Å²) >= 11 is 0. The standard InChI is InChI=1S/C13H16/c1-5-10(2)9-13-7-6-11(3)8-12(13)4/h1,6-7,9,12H,8H2,2-4H3. The van der Waals surface area contributed by atoms with Crippen LogP contribution in [0, 0.1) is 18.3 Å². The Balaban J connectivity index is 2.88. The Morgan fingerprint density at radius 1 is 1.62 bits per heavy atom. The SMILES string of the molecule is C#CC(C)=CC1=CC=C(C)CC1C. The van der Waals surface area contributed by atoms with Crippen molar-refractivity contribution >= 4 is 0 Å². The summed E-state index contributed by atoms with van der Waals surface area (Å²) in [6, 6.07) is 0. The van der Waals surface area contributed by atoms with Crippen molar-refractivity contribution in [1.29, 1.82) is 0 Å². The first kappa shape index (κ1) is 9.86. The predicted octanol–water partition coefficient (Wildman–Crippen LogP) is 3.48. The third kappa shape index (κ3) is 2.63. The lowest BCUT2D eigenvalue weighted by Crippen LogP contribution is -2.02. The second kappa shape index (κ2) is 4.14. The van der Waals surface area contributed by atoms with Crippen molar-refractivity contribution < 1.29 is 0 Å². The molecule has 1 rings (SSSR count). The number of hydrogen-bond acceptors (Lipinski definition) is 0. The molecule has 0 aliphatic heterocycles. The van der Waals surface area contributed by atoms with E-state index in [0.717, 1.165) is 12.0 Å². The van der Waals surface area contributed by atoms with Crippen LogP contribution < -0.4 is 0 Å². The Morgan fingerprint density at radius 2 is 2.31 bits per heavy atom. The number of rotatable bonds is 1. The van der Waals surface area contributed by atoms with Gasteiger partial charge >= 0.3 is 0 Å². The van der Waals surface area contributed by atoms with E-state index in [0.29, 0.717) is 5.92 Å². The van der Waals surface area contributed by atoms with E-state index in [1.54, 1.807) is 0 Å². The topological polar surface area (TPSA) is 0 Å². The van der Waals surface area contributed by atoms with Gasteiger partial charge in [0.15, 0.2) is 0 Å². The van der Waals surface area contributed by atoms with Crippen LogP contribution in [-0.4, -0.2) is 0 Å². The Bertz CT molecular complexity index is 318. The summed E-state index contributed by atoms with van der Waals surface area (Å²) in [6.07, 6.45) is 12.9. The van der Waals surface area contributed by atoms with Crippen molar-refractivity contribution in [3.8, 4) is 12.3 Å². The maximum Gasteiger partial charge on any atom is -0.00106 e. The first-order chi connectivity index (χ1) is 6.13. The first-order valence-electron chi connectivity index (χ1n) is 4.65. The van der Waals surface area contributed by atoms with E-state index in [1.807, 2.05) is 6.92 Å². The smallest absolute Gasteiger partial charge is 0.00106 e. The van der Waals surface area contributed by atoms with Crippen LogP contribution in [0.5, 0.6) is 0 Å². The van der Waals surface area contributed by atoms with Crippen molar-refractivity contribution in [2.75, 3.05) is 0 Å². The largest absolute Gasteiger partial charge is 0.115 e. The molecule has 0 saturated heterocycles. The molecule has 0 heteroatoms. The van der Waals surface area contributed by atoms with E-state index in [2.05, 4.69) is 38.0 Å². The minimum absolute atomic E-state index is 0.605. The van der Waals surface area contributed by atoms with Crippen LogP contribution in [0.2, 0.25) is 0 Å². The van der Waals surface area contributed by atoms with Crippen LogP contribution >= 0.6 is 0 Å². The van der Waals surface area contributed by atoms with Gasteiger partial charge in [0.05, 0.1) is 0 Å². The van der Waals surface area contributed by atoms with Crippen molar-refractivity contribution in [3.63, 3.8) is 0 Å². The molecular formula is C13H16. The molecule has 0 N–H and O–H groups in total. The van der Waals surface area contributed by atoms with E-state index in [-0.39, 0.29) is 0 Å². The van der Waals surface area contributed by atoms with Gasteiger partial charge in [0.25, 0.3) is 0 Å². The predicted molar refractivity (Wildman–Crippen MR) is 58.2 cm³/mol. The molecule has 0 amide bonds. The van der Waals surface area contributed by atoms with E-state index < -0.39 is 0 Å². The molecule has 0 aromatic rings. The van der Waals surface area contributed by atoms with Gasteiger partial charge in [-0.2, -0.15) is 0 Å². The molecule has 0 spiro atoms.